The molecule has 4 nitrogen and oxygen atoms in total. The van der Waals surface area contributed by atoms with Gasteiger partial charge in [0.1, 0.15) is 0 Å². The topological polar surface area (TPSA) is 52.6 Å². The van der Waals surface area contributed by atoms with Crippen molar-refractivity contribution in [2.24, 2.45) is 5.92 Å². The quantitative estimate of drug-likeness (QED) is 0.894. The van der Waals surface area contributed by atoms with E-state index in [-0.39, 0.29) is 18.7 Å². The lowest BCUT2D eigenvalue weighted by Gasteiger charge is -2.39. The third-order valence-electron chi connectivity index (χ3n) is 4.34. The summed E-state index contributed by atoms with van der Waals surface area (Å²) in [5, 5.41) is 12.6. The van der Waals surface area contributed by atoms with E-state index in [1.54, 1.807) is 4.90 Å². The molecule has 0 radical (unpaired) electrons. The third kappa shape index (κ3) is 3.76. The van der Waals surface area contributed by atoms with Crippen LogP contribution in [-0.2, 0) is 6.42 Å². The number of aryl methyl sites for hydroxylation is 1. The van der Waals surface area contributed by atoms with Gasteiger partial charge in [-0.15, -0.1) is 0 Å². The second-order valence-electron chi connectivity index (χ2n) is 5.90. The number of nitrogens with one attached hydrogen (secondary N) is 1. The minimum Gasteiger partial charge on any atom is -0.394 e. The van der Waals surface area contributed by atoms with Crippen LogP contribution in [0.1, 0.15) is 38.7 Å². The zero-order valence-corrected chi connectivity index (χ0v) is 13.0. The Labute approximate surface area is 127 Å². The van der Waals surface area contributed by atoms with Crippen molar-refractivity contribution in [3.63, 3.8) is 0 Å². The molecule has 2 amide bonds. The van der Waals surface area contributed by atoms with Gasteiger partial charge in [0.2, 0.25) is 0 Å². The molecular formula is C17H26N2O2. The zero-order valence-electron chi connectivity index (χ0n) is 13.0. The van der Waals surface area contributed by atoms with Crippen LogP contribution in [-0.4, -0.2) is 35.2 Å². The molecule has 21 heavy (non-hydrogen) atoms. The van der Waals surface area contributed by atoms with Crippen molar-refractivity contribution in [3.8, 4) is 0 Å². The number of aliphatic hydroxyl groups excluding tert-OH is 1. The van der Waals surface area contributed by atoms with Gasteiger partial charge in [0.05, 0.1) is 12.6 Å². The largest absolute Gasteiger partial charge is 0.394 e. The number of nitrogens with zero attached hydrogens (tertiary/aromatic N) is 1. The van der Waals surface area contributed by atoms with E-state index in [9.17, 15) is 9.90 Å². The molecule has 0 bridgehead atoms. The fraction of sp³-hybridized carbons (Fsp3) is 0.588. The summed E-state index contributed by atoms with van der Waals surface area (Å²) < 4.78 is 0. The maximum atomic E-state index is 12.5. The van der Waals surface area contributed by atoms with E-state index in [1.165, 1.54) is 5.56 Å². The lowest BCUT2D eigenvalue weighted by molar-refractivity contribution is 0.0811. The van der Waals surface area contributed by atoms with Crippen molar-refractivity contribution in [2.75, 3.05) is 18.5 Å². The molecule has 0 aliphatic carbocycles. The Bertz CT molecular complexity index is 476. The Morgan fingerprint density at radius 3 is 2.90 bits per heavy atom. The highest BCUT2D eigenvalue weighted by Crippen LogP contribution is 2.24. The number of piperidine rings is 1. The number of hydrogen-bond donors (Lipinski definition) is 2. The van der Waals surface area contributed by atoms with Crippen molar-refractivity contribution in [1.29, 1.82) is 0 Å². The van der Waals surface area contributed by atoms with Crippen LogP contribution in [0.4, 0.5) is 10.5 Å². The molecule has 1 aliphatic heterocycles. The van der Waals surface area contributed by atoms with Gasteiger partial charge in [-0.1, -0.05) is 38.5 Å². The number of urea groups is 1. The predicted octanol–water partition coefficient (Wildman–Crippen LogP) is 3.26. The van der Waals surface area contributed by atoms with Gasteiger partial charge in [-0.3, -0.25) is 0 Å². The number of para-hydroxylation sites is 1. The van der Waals surface area contributed by atoms with Gasteiger partial charge in [-0.05, 0) is 36.8 Å². The molecule has 1 aliphatic rings. The number of anilines is 1. The van der Waals surface area contributed by atoms with Gasteiger partial charge in [0.25, 0.3) is 0 Å². The van der Waals surface area contributed by atoms with E-state index < -0.39 is 0 Å². The van der Waals surface area contributed by atoms with Crippen LogP contribution in [0, 0.1) is 5.92 Å². The standard InChI is InChI=1S/C17H26N2O2/c1-3-7-14-9-4-5-10-15(14)18-17(21)19-11-6-8-13(2)16(19)12-20/h4-5,9-10,13,16,20H,3,6-8,11-12H2,1-2H3,(H,18,21). The molecule has 4 heteroatoms. The summed E-state index contributed by atoms with van der Waals surface area (Å²) in [7, 11) is 0. The number of aliphatic hydroxyl groups is 1. The summed E-state index contributed by atoms with van der Waals surface area (Å²) in [4.78, 5) is 14.3. The van der Waals surface area contributed by atoms with Crippen molar-refractivity contribution >= 4 is 11.7 Å². The fourth-order valence-corrected chi connectivity index (χ4v) is 3.10. The summed E-state index contributed by atoms with van der Waals surface area (Å²) in [5.74, 6) is 0.348. The molecule has 2 rings (SSSR count). The summed E-state index contributed by atoms with van der Waals surface area (Å²) >= 11 is 0. The van der Waals surface area contributed by atoms with E-state index in [1.807, 2.05) is 18.2 Å². The normalized spacial score (nSPS) is 22.1. The van der Waals surface area contributed by atoms with Crippen molar-refractivity contribution in [2.45, 2.75) is 45.6 Å². The van der Waals surface area contributed by atoms with E-state index in [0.717, 1.165) is 37.9 Å². The minimum absolute atomic E-state index is 0.0329. The highest BCUT2D eigenvalue weighted by Gasteiger charge is 2.31. The molecule has 0 saturated carbocycles. The molecule has 1 aromatic carbocycles. The second kappa shape index (κ2) is 7.46. The maximum absolute atomic E-state index is 12.5. The van der Waals surface area contributed by atoms with Gasteiger partial charge < -0.3 is 15.3 Å². The van der Waals surface area contributed by atoms with Gasteiger partial charge >= 0.3 is 6.03 Å². The predicted molar refractivity (Wildman–Crippen MR) is 85.4 cm³/mol. The first-order valence-electron chi connectivity index (χ1n) is 7.93. The molecular weight excluding hydrogens is 264 g/mol. The number of carbonyl (C=O) groups is 1. The Balaban J connectivity index is 2.10. The van der Waals surface area contributed by atoms with Crippen LogP contribution in [0.2, 0.25) is 0 Å². The monoisotopic (exact) mass is 290 g/mol. The molecule has 116 valence electrons. The minimum atomic E-state index is -0.0934. The molecule has 1 saturated heterocycles. The number of likely N-dealkylation sites (tertiary alicyclic amines) is 1. The maximum Gasteiger partial charge on any atom is 0.322 e. The van der Waals surface area contributed by atoms with Crippen LogP contribution in [0.3, 0.4) is 0 Å². The molecule has 1 heterocycles. The van der Waals surface area contributed by atoms with Crippen molar-refractivity contribution in [3.05, 3.63) is 29.8 Å². The molecule has 2 N–H and O–H groups in total. The van der Waals surface area contributed by atoms with Gasteiger partial charge in [-0.25, -0.2) is 4.79 Å². The van der Waals surface area contributed by atoms with Crippen LogP contribution in [0.15, 0.2) is 24.3 Å². The lowest BCUT2D eigenvalue weighted by atomic mass is 9.91. The van der Waals surface area contributed by atoms with E-state index >= 15 is 0 Å². The number of carbonyl (C=O) groups excluding carboxylic acids is 1. The SMILES string of the molecule is CCCc1ccccc1NC(=O)N1CCCC(C)C1CO. The fourth-order valence-electron chi connectivity index (χ4n) is 3.10. The Morgan fingerprint density at radius 2 is 2.19 bits per heavy atom. The van der Waals surface area contributed by atoms with E-state index in [4.69, 9.17) is 0 Å². The molecule has 2 unspecified atom stereocenters. The molecule has 0 spiro atoms. The van der Waals surface area contributed by atoms with Gasteiger partial charge in [0.15, 0.2) is 0 Å². The summed E-state index contributed by atoms with van der Waals surface area (Å²) in [5.41, 5.74) is 2.05. The Kier molecular flexibility index (Phi) is 5.62. The molecule has 2 atom stereocenters. The van der Waals surface area contributed by atoms with Gasteiger partial charge in [-0.2, -0.15) is 0 Å². The highest BCUT2D eigenvalue weighted by molar-refractivity contribution is 5.90. The van der Waals surface area contributed by atoms with Crippen LogP contribution in [0.5, 0.6) is 0 Å². The lowest BCUT2D eigenvalue weighted by Crippen LogP contribution is -2.51. The van der Waals surface area contributed by atoms with E-state index in [2.05, 4.69) is 25.2 Å². The molecule has 0 aromatic heterocycles. The van der Waals surface area contributed by atoms with Crippen molar-refractivity contribution < 1.29 is 9.90 Å². The first-order valence-corrected chi connectivity index (χ1v) is 7.93. The van der Waals surface area contributed by atoms with Crippen LogP contribution in [0.25, 0.3) is 0 Å². The average molecular weight is 290 g/mol. The summed E-state index contributed by atoms with van der Waals surface area (Å²) in [6.45, 7) is 4.99. The van der Waals surface area contributed by atoms with Crippen LogP contribution >= 0.6 is 0 Å². The number of rotatable bonds is 4. The third-order valence-corrected chi connectivity index (χ3v) is 4.34. The summed E-state index contributed by atoms with van der Waals surface area (Å²) in [6.07, 6.45) is 4.08. The Morgan fingerprint density at radius 1 is 1.43 bits per heavy atom. The van der Waals surface area contributed by atoms with Crippen molar-refractivity contribution in [1.82, 2.24) is 4.90 Å². The smallest absolute Gasteiger partial charge is 0.322 e. The highest BCUT2D eigenvalue weighted by atomic mass is 16.3. The average Bonchev–Trinajstić information content (AvgIpc) is 2.49. The Hall–Kier alpha value is -1.55. The first-order chi connectivity index (χ1) is 10.2. The number of amides is 2. The number of hydrogen-bond acceptors (Lipinski definition) is 2. The molecule has 1 fully saturated rings. The van der Waals surface area contributed by atoms with Crippen LogP contribution < -0.4 is 5.32 Å². The number of benzene rings is 1. The molecule has 1 aromatic rings. The first kappa shape index (κ1) is 15.8. The zero-order chi connectivity index (χ0) is 15.2. The van der Waals surface area contributed by atoms with E-state index in [0.29, 0.717) is 5.92 Å². The van der Waals surface area contributed by atoms with Gasteiger partial charge in [0, 0.05) is 12.2 Å². The second-order valence-corrected chi connectivity index (χ2v) is 5.90. The summed E-state index contributed by atoms with van der Waals surface area (Å²) in [6, 6.07) is 7.78.